The number of benzene rings is 1. The number of sulfonamides is 2. The molecule has 1 aromatic carbocycles. The van der Waals surface area contributed by atoms with Gasteiger partial charge < -0.3 is 20.6 Å². The number of rotatable bonds is 15. The van der Waals surface area contributed by atoms with Crippen LogP contribution in [0.25, 0.3) is 0 Å². The van der Waals surface area contributed by atoms with Gasteiger partial charge in [0.2, 0.25) is 5.91 Å². The van der Waals surface area contributed by atoms with Crippen molar-refractivity contribution in [2.24, 2.45) is 28.6 Å². The highest BCUT2D eigenvalue weighted by Gasteiger charge is 2.61. The molecule has 1 aliphatic carbocycles. The molecule has 17 heteroatoms. The summed E-state index contributed by atoms with van der Waals surface area (Å²) in [5.74, 6) is -1.97. The first-order valence-corrected chi connectivity index (χ1v) is 22.2. The number of likely N-dealkylation sites (N-methyl/N-ethyl adjacent to an activating group) is 1. The molecule has 2 aliphatic rings. The Morgan fingerprint density at radius 2 is 1.65 bits per heavy atom. The lowest BCUT2D eigenvalue weighted by atomic mass is 9.84. The molecule has 55 heavy (non-hydrogen) atoms. The van der Waals surface area contributed by atoms with Crippen molar-refractivity contribution < 1.29 is 36.3 Å². The third-order valence-corrected chi connectivity index (χ3v) is 15.2. The van der Waals surface area contributed by atoms with E-state index in [0.29, 0.717) is 6.42 Å². The van der Waals surface area contributed by atoms with Gasteiger partial charge in [-0.3, -0.25) is 14.9 Å². The lowest BCUT2D eigenvalue weighted by molar-refractivity contribution is -0.140. The predicted molar refractivity (Wildman–Crippen MR) is 213 cm³/mol. The summed E-state index contributed by atoms with van der Waals surface area (Å²) in [6.07, 6.45) is 0.806. The number of carbonyl (C=O) groups excluding carboxylic acids is 3. The quantitative estimate of drug-likeness (QED) is 0.132. The number of likely N-dealkylation sites (tertiary alicyclic amines) is 1. The van der Waals surface area contributed by atoms with Gasteiger partial charge in [-0.1, -0.05) is 85.7 Å². The zero-order chi connectivity index (χ0) is 41.3. The summed E-state index contributed by atoms with van der Waals surface area (Å²) in [5.41, 5.74) is -2.87. The summed E-state index contributed by atoms with van der Waals surface area (Å²) in [6, 6.07) is 7.46. The van der Waals surface area contributed by atoms with Crippen LogP contribution < -0.4 is 20.7 Å². The van der Waals surface area contributed by atoms with Crippen molar-refractivity contribution in [1.29, 1.82) is 0 Å². The molecular weight excluding hydrogens is 765 g/mol. The molecule has 0 bridgehead atoms. The van der Waals surface area contributed by atoms with Crippen LogP contribution >= 0.6 is 11.3 Å². The Bertz CT molecular complexity index is 1910. The van der Waals surface area contributed by atoms with Gasteiger partial charge in [0.15, 0.2) is 0 Å². The van der Waals surface area contributed by atoms with Crippen LogP contribution in [0.4, 0.5) is 4.79 Å². The van der Waals surface area contributed by atoms with E-state index in [1.54, 1.807) is 34.5 Å². The number of aliphatic hydroxyl groups is 1. The normalized spacial score (nSPS) is 23.6. The second kappa shape index (κ2) is 16.6. The maximum atomic E-state index is 14.6. The molecule has 306 valence electrons. The minimum absolute atomic E-state index is 0.0104. The average Bonchev–Trinajstić information content (AvgIpc) is 3.42. The van der Waals surface area contributed by atoms with E-state index in [-0.39, 0.29) is 40.5 Å². The van der Waals surface area contributed by atoms with E-state index in [0.717, 1.165) is 11.3 Å². The minimum atomic E-state index is -4.22. The molecule has 0 spiro atoms. The smallest absolute Gasteiger partial charge is 0.315 e. The number of urea groups is 1. The second-order valence-corrected chi connectivity index (χ2v) is 22.0. The fourth-order valence-electron chi connectivity index (χ4n) is 7.12. The highest BCUT2D eigenvalue weighted by molar-refractivity contribution is 7.91. The number of thiophene rings is 1. The average molecular weight is 823 g/mol. The first-order valence-electron chi connectivity index (χ1n) is 18.4. The van der Waals surface area contributed by atoms with Gasteiger partial charge in [0, 0.05) is 32.1 Å². The molecule has 0 radical (unpaired) electrons. The van der Waals surface area contributed by atoms with Gasteiger partial charge in [-0.25, -0.2) is 26.4 Å². The Hall–Kier alpha value is -3.35. The third kappa shape index (κ3) is 9.97. The molecule has 2 fully saturated rings. The van der Waals surface area contributed by atoms with E-state index < -0.39 is 84.5 Å². The summed E-state index contributed by atoms with van der Waals surface area (Å²) < 4.78 is 56.2. The highest BCUT2D eigenvalue weighted by atomic mass is 32.2. The molecule has 14 nitrogen and oxygen atoms in total. The van der Waals surface area contributed by atoms with Crippen LogP contribution in [-0.2, 0) is 29.6 Å². The Labute approximate surface area is 330 Å². The number of nitrogens with one attached hydrogen (secondary N) is 4. The SMILES string of the molecule is C=C[C@@H]1C[C@]1(NC(O)[C@@H]1C(C(C)C)CCN1C(=O)[C@@H](NC(=O)N[C@H](CN(C)S(=O)(=O)c1cccs1)C(C)(C)C)C(C)(C)C)C(=O)NS(=O)(=O)c1ccccc1. The number of hydrogen-bond acceptors (Lipinski definition) is 10. The van der Waals surface area contributed by atoms with E-state index in [2.05, 4.69) is 27.3 Å². The van der Waals surface area contributed by atoms with Crippen molar-refractivity contribution in [1.82, 2.24) is 29.9 Å². The number of nitrogens with zero attached hydrogens (tertiary/aromatic N) is 2. The molecule has 1 saturated carbocycles. The topological polar surface area (TPSA) is 194 Å². The van der Waals surface area contributed by atoms with Crippen LogP contribution in [0.3, 0.4) is 0 Å². The summed E-state index contributed by atoms with van der Waals surface area (Å²) in [4.78, 5) is 43.5. The minimum Gasteiger partial charge on any atom is -0.376 e. The molecular formula is C38H58N6O8S3. The molecule has 4 amide bonds. The maximum absolute atomic E-state index is 14.6. The molecule has 1 aliphatic heterocycles. The van der Waals surface area contributed by atoms with Gasteiger partial charge >= 0.3 is 6.03 Å². The molecule has 2 aromatic rings. The van der Waals surface area contributed by atoms with Crippen LogP contribution in [-0.4, -0.2) is 99.0 Å². The fourth-order valence-corrected chi connectivity index (χ4v) is 10.6. The van der Waals surface area contributed by atoms with Crippen molar-refractivity contribution >= 4 is 49.2 Å². The maximum Gasteiger partial charge on any atom is 0.315 e. The van der Waals surface area contributed by atoms with E-state index in [9.17, 15) is 36.3 Å². The molecule has 5 N–H and O–H groups in total. The lowest BCUT2D eigenvalue weighted by Crippen LogP contribution is -2.64. The summed E-state index contributed by atoms with van der Waals surface area (Å²) in [7, 11) is -6.55. The van der Waals surface area contributed by atoms with Crippen LogP contribution in [0.5, 0.6) is 0 Å². The van der Waals surface area contributed by atoms with Crippen LogP contribution in [0.2, 0.25) is 0 Å². The Morgan fingerprint density at radius 1 is 1.02 bits per heavy atom. The van der Waals surface area contributed by atoms with E-state index in [1.807, 2.05) is 55.4 Å². The Morgan fingerprint density at radius 3 is 2.16 bits per heavy atom. The van der Waals surface area contributed by atoms with E-state index in [1.165, 1.54) is 35.6 Å². The van der Waals surface area contributed by atoms with Crippen molar-refractivity contribution in [2.75, 3.05) is 20.1 Å². The van der Waals surface area contributed by atoms with Crippen molar-refractivity contribution in [3.63, 3.8) is 0 Å². The monoisotopic (exact) mass is 822 g/mol. The van der Waals surface area contributed by atoms with Crippen molar-refractivity contribution in [2.45, 2.75) is 107 Å². The summed E-state index contributed by atoms with van der Waals surface area (Å²) in [6.45, 7) is 19.1. The summed E-state index contributed by atoms with van der Waals surface area (Å²) >= 11 is 1.10. The largest absolute Gasteiger partial charge is 0.376 e. The molecule has 1 saturated heterocycles. The van der Waals surface area contributed by atoms with Gasteiger partial charge in [-0.05, 0) is 59.1 Å². The first-order chi connectivity index (χ1) is 25.4. The van der Waals surface area contributed by atoms with Gasteiger partial charge in [0.05, 0.1) is 10.9 Å². The summed E-state index contributed by atoms with van der Waals surface area (Å²) in [5, 5.41) is 22.4. The molecule has 2 unspecified atom stereocenters. The molecule has 1 aromatic heterocycles. The van der Waals surface area contributed by atoms with E-state index >= 15 is 0 Å². The zero-order valence-electron chi connectivity index (χ0n) is 33.2. The zero-order valence-corrected chi connectivity index (χ0v) is 35.6. The standard InChI is InChI=1S/C38H58N6O8S3/c1-11-25-22-38(25,34(47)42-54(49,50)26-16-13-12-14-17-26)41-32(45)30-27(24(2)3)19-20-44(30)33(46)31(37(7,8)9)40-35(48)39-28(36(4,5)6)23-43(10)55(51,52)29-18-15-21-53-29/h11-18,21,24-25,27-28,30-32,41,45H,1,19-20,22-23H2,2-10H3,(H,42,47)(H2,39,40,48)/t25-,27?,28-,30+,31-,32?,38-/m1/s1. The van der Waals surface area contributed by atoms with Crippen LogP contribution in [0.1, 0.15) is 68.2 Å². The number of hydrogen-bond donors (Lipinski definition) is 5. The molecule has 7 atom stereocenters. The van der Waals surface area contributed by atoms with Gasteiger partial charge in [-0.2, -0.15) is 4.31 Å². The lowest BCUT2D eigenvalue weighted by Gasteiger charge is -2.40. The van der Waals surface area contributed by atoms with Crippen LogP contribution in [0.15, 0.2) is 69.6 Å². The van der Waals surface area contributed by atoms with Gasteiger partial charge in [0.1, 0.15) is 22.0 Å². The number of aliphatic hydroxyl groups excluding tert-OH is 1. The second-order valence-electron chi connectivity index (χ2n) is 17.1. The number of amides is 4. The highest BCUT2D eigenvalue weighted by Crippen LogP contribution is 2.46. The third-order valence-electron chi connectivity index (χ3n) is 10.7. The number of carbonyl (C=O) groups is 3. The van der Waals surface area contributed by atoms with E-state index in [4.69, 9.17) is 0 Å². The van der Waals surface area contributed by atoms with Gasteiger partial charge in [0.25, 0.3) is 26.0 Å². The van der Waals surface area contributed by atoms with Crippen molar-refractivity contribution in [3.8, 4) is 0 Å². The fraction of sp³-hybridized carbons (Fsp3) is 0.605. The van der Waals surface area contributed by atoms with Gasteiger partial charge in [-0.15, -0.1) is 17.9 Å². The van der Waals surface area contributed by atoms with Crippen LogP contribution in [0, 0.1) is 28.6 Å². The Kier molecular flexibility index (Phi) is 13.4. The Balaban J connectivity index is 1.55. The molecule has 4 rings (SSSR count). The molecule has 2 heterocycles. The first kappa shape index (κ1) is 44.4. The predicted octanol–water partition coefficient (Wildman–Crippen LogP) is 3.73. The van der Waals surface area contributed by atoms with Crippen molar-refractivity contribution in [3.05, 3.63) is 60.5 Å².